The number of nitrogens with zero attached hydrogens (tertiary/aromatic N) is 1. The Morgan fingerprint density at radius 1 is 1.38 bits per heavy atom. The fourth-order valence-corrected chi connectivity index (χ4v) is 2.24. The monoisotopic (exact) mass is 233 g/mol. The van der Waals surface area contributed by atoms with E-state index in [-0.39, 0.29) is 5.78 Å². The van der Waals surface area contributed by atoms with Crippen LogP contribution < -0.4 is 4.74 Å². The predicted octanol–water partition coefficient (Wildman–Crippen LogP) is 2.68. The maximum Gasteiger partial charge on any atom is 0.211 e. The van der Waals surface area contributed by atoms with Crippen molar-refractivity contribution < 1.29 is 9.53 Å². The quantitative estimate of drug-likeness (QED) is 0.647. The summed E-state index contributed by atoms with van der Waals surface area (Å²) in [6.45, 7) is 0. The lowest BCUT2D eigenvalue weighted by Gasteiger charge is -2.06. The van der Waals surface area contributed by atoms with Crippen LogP contribution in [0.1, 0.15) is 16.1 Å². The van der Waals surface area contributed by atoms with Crippen molar-refractivity contribution >= 4 is 17.4 Å². The van der Waals surface area contributed by atoms with E-state index in [9.17, 15) is 4.79 Å². The minimum absolute atomic E-state index is 0.00422. The molecular formula is C12H8ClNO2. The molecule has 1 aromatic carbocycles. The summed E-state index contributed by atoms with van der Waals surface area (Å²) < 4.78 is 6.98. The smallest absolute Gasteiger partial charge is 0.211 e. The van der Waals surface area contributed by atoms with Crippen LogP contribution in [0.25, 0.3) is 5.69 Å². The number of benzene rings is 1. The summed E-state index contributed by atoms with van der Waals surface area (Å²) in [5.41, 5.74) is 2.12. The minimum atomic E-state index is 0.00422. The number of carbonyl (C=O) groups is 1. The molecule has 1 aliphatic heterocycles. The van der Waals surface area contributed by atoms with Gasteiger partial charge in [-0.2, -0.15) is 0 Å². The molecule has 4 heteroatoms. The molecule has 0 aliphatic carbocycles. The largest absolute Gasteiger partial charge is 0.495 e. The molecule has 0 radical (unpaired) electrons. The summed E-state index contributed by atoms with van der Waals surface area (Å²) >= 11 is 6.00. The van der Waals surface area contributed by atoms with Gasteiger partial charge in [0.05, 0.1) is 23.5 Å². The number of hydrogen-bond acceptors (Lipinski definition) is 2. The van der Waals surface area contributed by atoms with E-state index in [0.29, 0.717) is 22.0 Å². The first kappa shape index (κ1) is 9.48. The third-order valence-electron chi connectivity index (χ3n) is 2.76. The van der Waals surface area contributed by atoms with Crippen LogP contribution in [-0.2, 0) is 0 Å². The highest BCUT2D eigenvalue weighted by Crippen LogP contribution is 2.35. The zero-order valence-corrected chi connectivity index (χ0v) is 9.28. The number of ether oxygens (including phenoxy) is 1. The zero-order chi connectivity index (χ0) is 11.3. The molecule has 0 saturated heterocycles. The highest BCUT2D eigenvalue weighted by atomic mass is 35.5. The molecule has 3 rings (SSSR count). The number of aromatic nitrogens is 1. The first-order valence-electron chi connectivity index (χ1n) is 4.82. The number of halogens is 1. The van der Waals surface area contributed by atoms with E-state index in [1.54, 1.807) is 25.3 Å². The van der Waals surface area contributed by atoms with Gasteiger partial charge >= 0.3 is 0 Å². The Morgan fingerprint density at radius 3 is 2.94 bits per heavy atom. The van der Waals surface area contributed by atoms with E-state index in [2.05, 4.69) is 0 Å². The van der Waals surface area contributed by atoms with Crippen LogP contribution in [0, 0.1) is 0 Å². The fraction of sp³-hybridized carbons (Fsp3) is 0.0833. The zero-order valence-electron chi connectivity index (χ0n) is 8.53. The van der Waals surface area contributed by atoms with Gasteiger partial charge in [-0.05, 0) is 18.2 Å². The van der Waals surface area contributed by atoms with Crippen LogP contribution >= 0.6 is 11.6 Å². The van der Waals surface area contributed by atoms with E-state index in [4.69, 9.17) is 16.3 Å². The van der Waals surface area contributed by atoms with Gasteiger partial charge in [-0.3, -0.25) is 4.79 Å². The second-order valence-corrected chi connectivity index (χ2v) is 4.00. The van der Waals surface area contributed by atoms with Crippen molar-refractivity contribution in [1.82, 2.24) is 4.57 Å². The Hall–Kier alpha value is -1.74. The van der Waals surface area contributed by atoms with E-state index < -0.39 is 0 Å². The molecule has 1 aliphatic rings. The molecule has 2 aromatic rings. The highest BCUT2D eigenvalue weighted by molar-refractivity contribution is 6.33. The average molecular weight is 234 g/mol. The highest BCUT2D eigenvalue weighted by Gasteiger charge is 2.27. The minimum Gasteiger partial charge on any atom is -0.495 e. The van der Waals surface area contributed by atoms with Gasteiger partial charge in [-0.1, -0.05) is 11.6 Å². The van der Waals surface area contributed by atoms with E-state index in [0.717, 1.165) is 5.69 Å². The summed E-state index contributed by atoms with van der Waals surface area (Å²) in [6.07, 6.45) is 1.85. The van der Waals surface area contributed by atoms with Crippen molar-refractivity contribution in [3.63, 3.8) is 0 Å². The Balaban J connectivity index is 2.33. The molecule has 0 fully saturated rings. The van der Waals surface area contributed by atoms with Gasteiger partial charge in [-0.15, -0.1) is 0 Å². The Kier molecular flexibility index (Phi) is 1.85. The van der Waals surface area contributed by atoms with Crippen molar-refractivity contribution in [1.29, 1.82) is 0 Å². The normalized spacial score (nSPS) is 12.5. The molecular weight excluding hydrogens is 226 g/mol. The number of fused-ring (bicyclic) bond motifs is 3. The van der Waals surface area contributed by atoms with Crippen molar-refractivity contribution in [2.24, 2.45) is 0 Å². The van der Waals surface area contributed by atoms with Crippen LogP contribution in [0.15, 0.2) is 30.5 Å². The number of carbonyl (C=O) groups excluding carboxylic acids is 1. The third-order valence-corrected chi connectivity index (χ3v) is 3.05. The third kappa shape index (κ3) is 1.06. The molecule has 0 spiro atoms. The predicted molar refractivity (Wildman–Crippen MR) is 60.8 cm³/mol. The maximum atomic E-state index is 12.0. The van der Waals surface area contributed by atoms with Gasteiger partial charge in [0.1, 0.15) is 5.75 Å². The van der Waals surface area contributed by atoms with Crippen LogP contribution in [-0.4, -0.2) is 17.5 Å². The van der Waals surface area contributed by atoms with E-state index in [1.165, 1.54) is 0 Å². The molecule has 0 atom stereocenters. The standard InChI is InChI=1S/C12H8ClNO2/c1-16-11-6-10-7(5-8(11)13)12(15)9-3-2-4-14(9)10/h2-6H,1H3. The summed E-state index contributed by atoms with van der Waals surface area (Å²) in [5, 5.41) is 0.459. The second kappa shape index (κ2) is 3.12. The average Bonchev–Trinajstić information content (AvgIpc) is 2.83. The maximum absolute atomic E-state index is 12.0. The molecule has 0 bridgehead atoms. The number of methoxy groups -OCH3 is 1. The van der Waals surface area contributed by atoms with Crippen LogP contribution in [0.4, 0.5) is 0 Å². The Morgan fingerprint density at radius 2 is 2.19 bits per heavy atom. The van der Waals surface area contributed by atoms with Gasteiger partial charge in [0.2, 0.25) is 5.78 Å². The lowest BCUT2D eigenvalue weighted by Crippen LogP contribution is -1.95. The van der Waals surface area contributed by atoms with Gasteiger partial charge in [0.15, 0.2) is 0 Å². The van der Waals surface area contributed by atoms with Crippen molar-refractivity contribution in [3.05, 3.63) is 46.7 Å². The molecule has 0 amide bonds. The van der Waals surface area contributed by atoms with Crippen molar-refractivity contribution in [2.75, 3.05) is 7.11 Å². The number of rotatable bonds is 1. The lowest BCUT2D eigenvalue weighted by atomic mass is 10.1. The van der Waals surface area contributed by atoms with Crippen LogP contribution in [0.5, 0.6) is 5.75 Å². The topological polar surface area (TPSA) is 31.2 Å². The number of hydrogen-bond donors (Lipinski definition) is 0. The van der Waals surface area contributed by atoms with Gasteiger partial charge in [0.25, 0.3) is 0 Å². The molecule has 3 nitrogen and oxygen atoms in total. The molecule has 2 heterocycles. The summed E-state index contributed by atoms with van der Waals surface area (Å²) in [6, 6.07) is 7.08. The SMILES string of the molecule is COc1cc2c(cc1Cl)C(=O)c1cccn1-2. The van der Waals surface area contributed by atoms with Crippen molar-refractivity contribution in [3.8, 4) is 11.4 Å². The van der Waals surface area contributed by atoms with Gasteiger partial charge in [-0.25, -0.2) is 0 Å². The second-order valence-electron chi connectivity index (χ2n) is 3.60. The van der Waals surface area contributed by atoms with E-state index >= 15 is 0 Å². The van der Waals surface area contributed by atoms with E-state index in [1.807, 2.05) is 16.8 Å². The van der Waals surface area contributed by atoms with Crippen molar-refractivity contribution in [2.45, 2.75) is 0 Å². The Bertz CT molecular complexity index is 601. The summed E-state index contributed by atoms with van der Waals surface area (Å²) in [7, 11) is 1.56. The first-order chi connectivity index (χ1) is 7.72. The number of ketones is 1. The molecule has 80 valence electrons. The summed E-state index contributed by atoms with van der Waals surface area (Å²) in [4.78, 5) is 12.0. The van der Waals surface area contributed by atoms with Crippen LogP contribution in [0.2, 0.25) is 5.02 Å². The molecule has 0 unspecified atom stereocenters. The first-order valence-corrected chi connectivity index (χ1v) is 5.20. The molecule has 0 saturated carbocycles. The van der Waals surface area contributed by atoms with Gasteiger partial charge in [0, 0.05) is 17.8 Å². The molecule has 1 aromatic heterocycles. The molecule has 0 N–H and O–H groups in total. The fourth-order valence-electron chi connectivity index (χ4n) is 1.99. The Labute approximate surface area is 97.2 Å². The molecule has 16 heavy (non-hydrogen) atoms. The lowest BCUT2D eigenvalue weighted by molar-refractivity contribution is 0.104. The van der Waals surface area contributed by atoms with Crippen LogP contribution in [0.3, 0.4) is 0 Å². The van der Waals surface area contributed by atoms with Gasteiger partial charge < -0.3 is 9.30 Å². The summed E-state index contributed by atoms with van der Waals surface area (Å²) in [5.74, 6) is 0.583.